The molecule has 1 aliphatic heterocycles. The molecule has 1 fully saturated rings. The van der Waals surface area contributed by atoms with Crippen molar-refractivity contribution in [3.8, 4) is 0 Å². The van der Waals surface area contributed by atoms with E-state index in [2.05, 4.69) is 20.6 Å². The molecule has 1 saturated heterocycles. The third kappa shape index (κ3) is 4.06. The van der Waals surface area contributed by atoms with Gasteiger partial charge in [0.1, 0.15) is 5.82 Å². The van der Waals surface area contributed by atoms with Gasteiger partial charge in [0.25, 0.3) is 5.91 Å². The van der Waals surface area contributed by atoms with Gasteiger partial charge in [0, 0.05) is 24.4 Å². The summed E-state index contributed by atoms with van der Waals surface area (Å²) in [7, 11) is 0. The lowest BCUT2D eigenvalue weighted by molar-refractivity contribution is 0.0751. The maximum absolute atomic E-state index is 14.4. The average Bonchev–Trinajstić information content (AvgIpc) is 2.61. The largest absolute Gasteiger partial charge is 0.380 e. The summed E-state index contributed by atoms with van der Waals surface area (Å²) in [5, 5.41) is 5.96. The van der Waals surface area contributed by atoms with Gasteiger partial charge < -0.3 is 26.8 Å². The zero-order chi connectivity index (χ0) is 18.7. The van der Waals surface area contributed by atoms with E-state index in [1.165, 1.54) is 0 Å². The smallest absolute Gasteiger partial charge is 0.252 e. The first-order valence-corrected chi connectivity index (χ1v) is 8.24. The molecule has 0 aliphatic carbocycles. The number of aromatic nitrogens is 2. The molecule has 0 saturated carbocycles. The Morgan fingerprint density at radius 1 is 1.38 bits per heavy atom. The number of ether oxygens (including phenoxy) is 1. The van der Waals surface area contributed by atoms with E-state index >= 15 is 0 Å². The second-order valence-electron chi connectivity index (χ2n) is 6.17. The molecule has 0 bridgehead atoms. The minimum Gasteiger partial charge on any atom is -0.380 e. The Bertz CT molecular complexity index is 799. The number of primary amides is 1. The van der Waals surface area contributed by atoms with E-state index in [9.17, 15) is 9.18 Å². The number of amides is 1. The van der Waals surface area contributed by atoms with Crippen LogP contribution in [0.2, 0.25) is 0 Å². The molecule has 3 rings (SSSR count). The van der Waals surface area contributed by atoms with Gasteiger partial charge in [-0.2, -0.15) is 0 Å². The van der Waals surface area contributed by atoms with Gasteiger partial charge in [-0.3, -0.25) is 9.78 Å². The summed E-state index contributed by atoms with van der Waals surface area (Å²) >= 11 is 0. The van der Waals surface area contributed by atoms with Crippen molar-refractivity contribution in [2.24, 2.45) is 11.5 Å². The first kappa shape index (κ1) is 18.0. The van der Waals surface area contributed by atoms with E-state index in [1.54, 1.807) is 18.3 Å². The zero-order valence-electron chi connectivity index (χ0n) is 14.3. The van der Waals surface area contributed by atoms with Crippen molar-refractivity contribution >= 4 is 23.2 Å². The van der Waals surface area contributed by atoms with Crippen LogP contribution in [0.4, 0.5) is 21.7 Å². The van der Waals surface area contributed by atoms with Gasteiger partial charge in [0.2, 0.25) is 0 Å². The first-order chi connectivity index (χ1) is 12.4. The van der Waals surface area contributed by atoms with Crippen LogP contribution < -0.4 is 22.1 Å². The van der Waals surface area contributed by atoms with E-state index in [4.69, 9.17) is 16.2 Å². The Morgan fingerprint density at radius 2 is 2.19 bits per heavy atom. The van der Waals surface area contributed by atoms with Crippen molar-refractivity contribution in [2.45, 2.75) is 25.4 Å². The zero-order valence-corrected chi connectivity index (χ0v) is 14.3. The number of halogens is 1. The van der Waals surface area contributed by atoms with Gasteiger partial charge in [0.05, 0.1) is 24.1 Å². The molecule has 0 unspecified atom stereocenters. The molecule has 2 aromatic rings. The van der Waals surface area contributed by atoms with Crippen LogP contribution in [0.25, 0.3) is 0 Å². The Kier molecular flexibility index (Phi) is 5.29. The van der Waals surface area contributed by atoms with Gasteiger partial charge >= 0.3 is 0 Å². The van der Waals surface area contributed by atoms with Crippen LogP contribution in [0.5, 0.6) is 0 Å². The molecule has 3 heterocycles. The topological polar surface area (TPSA) is 128 Å². The van der Waals surface area contributed by atoms with Crippen molar-refractivity contribution < 1.29 is 13.9 Å². The molecular weight excluding hydrogens is 339 g/mol. The van der Waals surface area contributed by atoms with Gasteiger partial charge in [-0.05, 0) is 31.5 Å². The fourth-order valence-electron chi connectivity index (χ4n) is 2.67. The number of carbonyl (C=O) groups is 1. The summed E-state index contributed by atoms with van der Waals surface area (Å²) in [6.07, 6.45) is 2.22. The van der Waals surface area contributed by atoms with E-state index in [-0.39, 0.29) is 29.3 Å². The molecule has 9 heteroatoms. The predicted octanol–water partition coefficient (Wildman–Crippen LogP) is 1.29. The maximum atomic E-state index is 14.4. The number of nitrogens with zero attached hydrogens (tertiary/aromatic N) is 2. The van der Waals surface area contributed by atoms with E-state index in [1.807, 2.05) is 6.92 Å². The molecule has 1 amide bonds. The molecule has 1 aliphatic rings. The monoisotopic (exact) mass is 360 g/mol. The van der Waals surface area contributed by atoms with Crippen molar-refractivity contribution in [3.05, 3.63) is 41.5 Å². The lowest BCUT2D eigenvalue weighted by atomic mass is 10.0. The SMILES string of the molecule is Cc1ccc(Nc2nc(N[C@@H]3CCOC[C@@H]3N)c(F)cc2C(N)=O)cn1. The van der Waals surface area contributed by atoms with Crippen LogP contribution in [0.3, 0.4) is 0 Å². The van der Waals surface area contributed by atoms with Crippen LogP contribution in [-0.2, 0) is 4.74 Å². The molecule has 26 heavy (non-hydrogen) atoms. The van der Waals surface area contributed by atoms with Gasteiger partial charge in [-0.25, -0.2) is 9.37 Å². The standard InChI is InChI=1S/C17H21FN6O2/c1-9-2-3-10(7-21-9)22-16-11(15(20)25)6-12(18)17(24-16)23-14-4-5-26-8-13(14)19/h2-3,6-7,13-14H,4-5,8,19H2,1H3,(H2,20,25)(H2,22,23,24)/t13-,14+/m0/s1. The molecule has 0 radical (unpaired) electrons. The van der Waals surface area contributed by atoms with Crippen LogP contribution in [0, 0.1) is 12.7 Å². The minimum absolute atomic E-state index is 0.0000733. The van der Waals surface area contributed by atoms with Crippen LogP contribution in [-0.4, -0.2) is 41.2 Å². The third-order valence-electron chi connectivity index (χ3n) is 4.14. The fraction of sp³-hybridized carbons (Fsp3) is 0.353. The quantitative estimate of drug-likeness (QED) is 0.632. The Balaban J connectivity index is 1.90. The average molecular weight is 360 g/mol. The van der Waals surface area contributed by atoms with Crippen molar-refractivity contribution in [3.63, 3.8) is 0 Å². The van der Waals surface area contributed by atoms with E-state index in [0.29, 0.717) is 25.3 Å². The van der Waals surface area contributed by atoms with Crippen molar-refractivity contribution in [1.82, 2.24) is 9.97 Å². The molecule has 138 valence electrons. The van der Waals surface area contributed by atoms with Crippen molar-refractivity contribution in [1.29, 1.82) is 0 Å². The first-order valence-electron chi connectivity index (χ1n) is 8.24. The molecule has 0 aromatic carbocycles. The highest BCUT2D eigenvalue weighted by Crippen LogP contribution is 2.25. The summed E-state index contributed by atoms with van der Waals surface area (Å²) in [4.78, 5) is 20.1. The lowest BCUT2D eigenvalue weighted by Gasteiger charge is -2.30. The molecule has 2 atom stereocenters. The van der Waals surface area contributed by atoms with Crippen LogP contribution >= 0.6 is 0 Å². The van der Waals surface area contributed by atoms with E-state index in [0.717, 1.165) is 11.8 Å². The minimum atomic E-state index is -0.784. The van der Waals surface area contributed by atoms with Crippen LogP contribution in [0.15, 0.2) is 24.4 Å². The Labute approximate surface area is 150 Å². The highest BCUT2D eigenvalue weighted by Gasteiger charge is 2.25. The number of pyridine rings is 2. The molecule has 8 nitrogen and oxygen atoms in total. The molecule has 0 spiro atoms. The number of carbonyl (C=O) groups excluding carboxylic acids is 1. The number of hydrogen-bond acceptors (Lipinski definition) is 7. The second kappa shape index (κ2) is 7.63. The molecular formula is C17H21FN6O2. The highest BCUT2D eigenvalue weighted by atomic mass is 19.1. The third-order valence-corrected chi connectivity index (χ3v) is 4.14. The summed E-state index contributed by atoms with van der Waals surface area (Å²) in [5.74, 6) is -1.31. The summed E-state index contributed by atoms with van der Waals surface area (Å²) in [6, 6.07) is 4.18. The summed E-state index contributed by atoms with van der Waals surface area (Å²) in [6.45, 7) is 2.78. The van der Waals surface area contributed by atoms with Gasteiger partial charge in [-0.1, -0.05) is 0 Å². The fourth-order valence-corrected chi connectivity index (χ4v) is 2.67. The van der Waals surface area contributed by atoms with Crippen molar-refractivity contribution in [2.75, 3.05) is 23.8 Å². The number of hydrogen-bond donors (Lipinski definition) is 4. The van der Waals surface area contributed by atoms with Gasteiger partial charge in [0.15, 0.2) is 11.6 Å². The predicted molar refractivity (Wildman–Crippen MR) is 95.8 cm³/mol. The van der Waals surface area contributed by atoms with Gasteiger partial charge in [-0.15, -0.1) is 0 Å². The second-order valence-corrected chi connectivity index (χ2v) is 6.17. The molecule has 6 N–H and O–H groups in total. The molecule has 2 aromatic heterocycles. The Morgan fingerprint density at radius 3 is 2.85 bits per heavy atom. The number of nitrogens with two attached hydrogens (primary N) is 2. The van der Waals surface area contributed by atoms with E-state index < -0.39 is 11.7 Å². The summed E-state index contributed by atoms with van der Waals surface area (Å²) < 4.78 is 19.7. The normalized spacial score (nSPS) is 19.8. The summed E-state index contributed by atoms with van der Waals surface area (Å²) in [5.41, 5.74) is 12.7. The highest BCUT2D eigenvalue weighted by molar-refractivity contribution is 5.98. The lowest BCUT2D eigenvalue weighted by Crippen LogP contribution is -2.47. The number of anilines is 3. The number of rotatable bonds is 5. The van der Waals surface area contributed by atoms with Crippen LogP contribution in [0.1, 0.15) is 22.5 Å². The maximum Gasteiger partial charge on any atom is 0.252 e. The number of nitrogens with one attached hydrogen (secondary N) is 2. The number of aryl methyl sites for hydroxylation is 1. The Hall–Kier alpha value is -2.78.